The number of piperidine rings is 1. The third kappa shape index (κ3) is 10.0. The van der Waals surface area contributed by atoms with E-state index in [2.05, 4.69) is 47.8 Å². The Morgan fingerprint density at radius 1 is 1.00 bits per heavy atom. The summed E-state index contributed by atoms with van der Waals surface area (Å²) in [4.78, 5) is 48.7. The molecule has 1 N–H and O–H groups in total. The standard InChI is InChI=1S/C36H51F5N4O4S/c1-8-10-11-13-17-45(35(47)27(21(5)9-2)25-15-12-14-16-44(25)7)26(20(3)4)18-23(42-22(6)46)34-43-24(19-50-34)36(48)49-33-31(40)29(38)28(37)30(39)32(33)41/h19-21,23,25-27H,8-18H2,1-7H3,(H,42,46)/t21-,23+,25+,26+,27?/m0/s1. The van der Waals surface area contributed by atoms with Crippen LogP contribution in [-0.2, 0) is 9.59 Å². The number of likely N-dealkylation sites (tertiary alicyclic amines) is 1. The monoisotopic (exact) mass is 730 g/mol. The predicted octanol–water partition coefficient (Wildman–Crippen LogP) is 8.21. The first-order valence-electron chi connectivity index (χ1n) is 17.6. The van der Waals surface area contributed by atoms with Crippen molar-refractivity contribution in [1.82, 2.24) is 20.1 Å². The van der Waals surface area contributed by atoms with Crippen molar-refractivity contribution in [2.24, 2.45) is 17.8 Å². The number of carbonyl (C=O) groups is 3. The molecule has 14 heteroatoms. The number of hydrogen-bond acceptors (Lipinski definition) is 7. The highest BCUT2D eigenvalue weighted by Crippen LogP contribution is 2.35. The summed E-state index contributed by atoms with van der Waals surface area (Å²) in [5.74, 6) is -15.1. The van der Waals surface area contributed by atoms with Gasteiger partial charge in [-0.3, -0.25) is 9.59 Å². The van der Waals surface area contributed by atoms with Gasteiger partial charge in [-0.25, -0.2) is 22.9 Å². The summed E-state index contributed by atoms with van der Waals surface area (Å²) >= 11 is 0.959. The number of benzene rings is 1. The summed E-state index contributed by atoms with van der Waals surface area (Å²) in [6, 6.07) is -1.01. The van der Waals surface area contributed by atoms with Gasteiger partial charge in [-0.1, -0.05) is 66.7 Å². The molecule has 1 aliphatic heterocycles. The summed E-state index contributed by atoms with van der Waals surface area (Å²) in [5, 5.41) is 4.34. The molecule has 2 heterocycles. The molecule has 1 saturated heterocycles. The van der Waals surface area contributed by atoms with Gasteiger partial charge in [-0.2, -0.15) is 8.78 Å². The molecule has 8 nitrogen and oxygen atoms in total. The summed E-state index contributed by atoms with van der Waals surface area (Å²) in [5.41, 5.74) is -0.449. The molecule has 0 aliphatic carbocycles. The minimum absolute atomic E-state index is 0.0401. The Hall–Kier alpha value is -3.13. The normalized spacial score (nSPS) is 17.7. The van der Waals surface area contributed by atoms with Crippen LogP contribution in [0.1, 0.15) is 121 Å². The highest BCUT2D eigenvalue weighted by molar-refractivity contribution is 7.09. The molecule has 1 aromatic heterocycles. The molecule has 1 aromatic carbocycles. The maximum absolute atomic E-state index is 14.8. The van der Waals surface area contributed by atoms with Crippen LogP contribution in [-0.4, -0.2) is 64.8 Å². The maximum Gasteiger partial charge on any atom is 0.363 e. The van der Waals surface area contributed by atoms with Crippen molar-refractivity contribution in [2.75, 3.05) is 20.1 Å². The van der Waals surface area contributed by atoms with E-state index in [0.29, 0.717) is 6.54 Å². The molecular formula is C36H51F5N4O4S. The second-order valence-electron chi connectivity index (χ2n) is 13.7. The SMILES string of the molecule is CCCCCCN(C(=O)C([C@H]1CCCCN1C)[C@@H](C)CC)[C@H](C[C@@H](NC(C)=O)c1nc(C(=O)Oc2c(F)c(F)c(F)c(F)c2F)cs1)C(C)C. The molecule has 0 radical (unpaired) electrons. The lowest BCUT2D eigenvalue weighted by atomic mass is 9.79. The van der Waals surface area contributed by atoms with Crippen LogP contribution in [0.2, 0.25) is 0 Å². The van der Waals surface area contributed by atoms with Gasteiger partial charge in [0.2, 0.25) is 46.6 Å². The Morgan fingerprint density at radius 3 is 2.20 bits per heavy atom. The molecular weight excluding hydrogens is 679 g/mol. The van der Waals surface area contributed by atoms with Crippen LogP contribution >= 0.6 is 11.3 Å². The Morgan fingerprint density at radius 2 is 1.64 bits per heavy atom. The molecule has 50 heavy (non-hydrogen) atoms. The fourth-order valence-corrected chi connectivity index (χ4v) is 7.62. The van der Waals surface area contributed by atoms with Gasteiger partial charge < -0.3 is 19.9 Å². The van der Waals surface area contributed by atoms with Gasteiger partial charge in [0.25, 0.3) is 0 Å². The van der Waals surface area contributed by atoms with Crippen LogP contribution in [0.5, 0.6) is 5.75 Å². The number of unbranched alkanes of at least 4 members (excludes halogenated alkanes) is 3. The number of halogens is 5. The number of nitrogens with one attached hydrogen (secondary N) is 1. The van der Waals surface area contributed by atoms with E-state index in [1.54, 1.807) is 0 Å². The summed E-state index contributed by atoms with van der Waals surface area (Å²) < 4.78 is 74.0. The molecule has 2 aromatic rings. The Kier molecular flexibility index (Phi) is 15.6. The summed E-state index contributed by atoms with van der Waals surface area (Å²) in [6.07, 6.45) is 8.02. The van der Waals surface area contributed by atoms with Crippen LogP contribution in [0.4, 0.5) is 22.0 Å². The Bertz CT molecular complexity index is 1450. The lowest BCUT2D eigenvalue weighted by Crippen LogP contribution is -2.55. The summed E-state index contributed by atoms with van der Waals surface area (Å²) in [7, 11) is 2.09. The van der Waals surface area contributed by atoms with Crippen LogP contribution in [0.3, 0.4) is 0 Å². The molecule has 1 unspecified atom stereocenters. The third-order valence-electron chi connectivity index (χ3n) is 9.74. The van der Waals surface area contributed by atoms with Crippen molar-refractivity contribution in [2.45, 2.75) is 117 Å². The lowest BCUT2D eigenvalue weighted by Gasteiger charge is -2.44. The Labute approximate surface area is 296 Å². The van der Waals surface area contributed by atoms with Gasteiger partial charge in [0.05, 0.1) is 12.0 Å². The fraction of sp³-hybridized carbons (Fsp3) is 0.667. The first-order chi connectivity index (χ1) is 23.6. The van der Waals surface area contributed by atoms with Crippen LogP contribution in [0.15, 0.2) is 5.38 Å². The van der Waals surface area contributed by atoms with Crippen molar-refractivity contribution in [3.05, 3.63) is 45.2 Å². The van der Waals surface area contributed by atoms with E-state index in [4.69, 9.17) is 0 Å². The quantitative estimate of drug-likeness (QED) is 0.0441. The Balaban J connectivity index is 1.97. The van der Waals surface area contributed by atoms with E-state index < -0.39 is 52.5 Å². The average Bonchev–Trinajstić information content (AvgIpc) is 3.58. The van der Waals surface area contributed by atoms with Crippen molar-refractivity contribution in [1.29, 1.82) is 0 Å². The van der Waals surface area contributed by atoms with Gasteiger partial charge in [0.15, 0.2) is 5.69 Å². The third-order valence-corrected chi connectivity index (χ3v) is 10.7. The zero-order valence-corrected chi connectivity index (χ0v) is 30.9. The van der Waals surface area contributed by atoms with Gasteiger partial charge >= 0.3 is 5.97 Å². The number of carbonyl (C=O) groups excluding carboxylic acids is 3. The second-order valence-corrected chi connectivity index (χ2v) is 14.6. The zero-order valence-electron chi connectivity index (χ0n) is 30.1. The maximum atomic E-state index is 14.8. The van der Waals surface area contributed by atoms with Crippen LogP contribution in [0, 0.1) is 46.8 Å². The molecule has 0 bridgehead atoms. The van der Waals surface area contributed by atoms with Gasteiger partial charge in [-0.05, 0) is 51.1 Å². The smallest absolute Gasteiger partial charge is 0.363 e. The van der Waals surface area contributed by atoms with Crippen molar-refractivity contribution >= 4 is 29.1 Å². The highest BCUT2D eigenvalue weighted by atomic mass is 32.1. The molecule has 5 atom stereocenters. The second kappa shape index (κ2) is 18.9. The van der Waals surface area contributed by atoms with Gasteiger partial charge in [-0.15, -0.1) is 11.3 Å². The number of esters is 1. The van der Waals surface area contributed by atoms with E-state index >= 15 is 0 Å². The molecule has 3 rings (SSSR count). The average molecular weight is 731 g/mol. The van der Waals surface area contributed by atoms with Crippen molar-refractivity contribution in [3.63, 3.8) is 0 Å². The number of rotatable bonds is 17. The zero-order chi connectivity index (χ0) is 37.3. The number of aromatic nitrogens is 1. The molecule has 2 amide bonds. The van der Waals surface area contributed by atoms with Crippen molar-refractivity contribution < 1.29 is 41.1 Å². The molecule has 0 spiro atoms. The van der Waals surface area contributed by atoms with Crippen LogP contribution < -0.4 is 10.1 Å². The van der Waals surface area contributed by atoms with E-state index in [0.717, 1.165) is 69.2 Å². The first-order valence-corrected chi connectivity index (χ1v) is 18.5. The van der Waals surface area contributed by atoms with E-state index in [-0.39, 0.29) is 53.1 Å². The number of hydrogen-bond donors (Lipinski definition) is 1. The predicted molar refractivity (Wildman–Crippen MR) is 182 cm³/mol. The number of amides is 2. The summed E-state index contributed by atoms with van der Waals surface area (Å²) in [6.45, 7) is 13.2. The fourth-order valence-electron chi connectivity index (χ4n) is 6.76. The molecule has 0 saturated carbocycles. The lowest BCUT2D eigenvalue weighted by molar-refractivity contribution is -0.144. The largest absolute Gasteiger partial charge is 0.415 e. The number of nitrogens with zero attached hydrogens (tertiary/aromatic N) is 3. The van der Waals surface area contributed by atoms with Crippen molar-refractivity contribution in [3.8, 4) is 5.75 Å². The van der Waals surface area contributed by atoms with Crippen LogP contribution in [0.25, 0.3) is 0 Å². The minimum atomic E-state index is -2.38. The molecule has 280 valence electrons. The topological polar surface area (TPSA) is 91.8 Å². The number of thiazole rings is 1. The van der Waals surface area contributed by atoms with Gasteiger partial charge in [0, 0.05) is 30.9 Å². The number of ether oxygens (including phenoxy) is 1. The molecule has 1 fully saturated rings. The highest BCUT2D eigenvalue weighted by Gasteiger charge is 2.41. The van der Waals surface area contributed by atoms with E-state index in [9.17, 15) is 36.3 Å². The minimum Gasteiger partial charge on any atom is -0.415 e. The van der Waals surface area contributed by atoms with Gasteiger partial charge in [0.1, 0.15) is 5.01 Å². The first kappa shape index (κ1) is 41.3. The molecule has 1 aliphatic rings. The van der Waals surface area contributed by atoms with E-state index in [1.165, 1.54) is 12.3 Å². The van der Waals surface area contributed by atoms with E-state index in [1.807, 2.05) is 18.7 Å².